The van der Waals surface area contributed by atoms with Crippen LogP contribution in [0.4, 0.5) is 5.95 Å². The standard InChI is InChI=1S/C14H15N3O/c1-9-7-10(2)16-14(15-9)17-12-8-18-13-6-4-3-5-11(12)13/h3-7,12H,8H2,1-2H3,(H,15,16,17). The van der Waals surface area contributed by atoms with Crippen molar-refractivity contribution >= 4 is 5.95 Å². The minimum Gasteiger partial charge on any atom is -0.491 e. The van der Waals surface area contributed by atoms with Crippen LogP contribution in [-0.4, -0.2) is 16.6 Å². The molecule has 1 aliphatic rings. The van der Waals surface area contributed by atoms with Crippen molar-refractivity contribution in [2.45, 2.75) is 19.9 Å². The second-order valence-corrected chi connectivity index (χ2v) is 4.52. The van der Waals surface area contributed by atoms with Crippen molar-refractivity contribution < 1.29 is 4.74 Å². The summed E-state index contributed by atoms with van der Waals surface area (Å²) in [5, 5.41) is 3.33. The lowest BCUT2D eigenvalue weighted by Gasteiger charge is -2.12. The number of aromatic nitrogens is 2. The molecular weight excluding hydrogens is 226 g/mol. The molecule has 2 heterocycles. The number of hydrogen-bond donors (Lipinski definition) is 1. The third-order valence-electron chi connectivity index (χ3n) is 2.99. The van der Waals surface area contributed by atoms with Gasteiger partial charge in [-0.15, -0.1) is 0 Å². The van der Waals surface area contributed by atoms with Crippen LogP contribution in [0.15, 0.2) is 30.3 Å². The molecule has 0 spiro atoms. The second-order valence-electron chi connectivity index (χ2n) is 4.52. The van der Waals surface area contributed by atoms with E-state index in [0.29, 0.717) is 12.6 Å². The maximum atomic E-state index is 5.63. The van der Waals surface area contributed by atoms with Crippen LogP contribution in [0.2, 0.25) is 0 Å². The number of anilines is 1. The number of nitrogens with zero attached hydrogens (tertiary/aromatic N) is 2. The van der Waals surface area contributed by atoms with E-state index >= 15 is 0 Å². The van der Waals surface area contributed by atoms with Gasteiger partial charge in [0.05, 0.1) is 6.04 Å². The molecule has 4 nitrogen and oxygen atoms in total. The van der Waals surface area contributed by atoms with E-state index < -0.39 is 0 Å². The number of nitrogens with one attached hydrogen (secondary N) is 1. The fraction of sp³-hybridized carbons (Fsp3) is 0.286. The number of rotatable bonds is 2. The third kappa shape index (κ3) is 2.01. The summed E-state index contributed by atoms with van der Waals surface area (Å²) >= 11 is 0. The normalized spacial score (nSPS) is 17.1. The van der Waals surface area contributed by atoms with Gasteiger partial charge < -0.3 is 10.1 Å². The van der Waals surface area contributed by atoms with Crippen LogP contribution in [0.5, 0.6) is 5.75 Å². The molecule has 2 aromatic rings. The summed E-state index contributed by atoms with van der Waals surface area (Å²) in [7, 11) is 0. The number of ether oxygens (including phenoxy) is 1. The van der Waals surface area contributed by atoms with Crippen LogP contribution in [0.3, 0.4) is 0 Å². The first-order chi connectivity index (χ1) is 8.72. The molecule has 18 heavy (non-hydrogen) atoms. The lowest BCUT2D eigenvalue weighted by molar-refractivity contribution is 0.339. The molecular formula is C14H15N3O. The molecule has 1 aromatic heterocycles. The average molecular weight is 241 g/mol. The first-order valence-corrected chi connectivity index (χ1v) is 6.03. The van der Waals surface area contributed by atoms with Crippen molar-refractivity contribution in [2.24, 2.45) is 0 Å². The zero-order valence-corrected chi connectivity index (χ0v) is 10.5. The van der Waals surface area contributed by atoms with E-state index in [1.165, 1.54) is 5.56 Å². The van der Waals surface area contributed by atoms with Crippen LogP contribution in [-0.2, 0) is 0 Å². The fourth-order valence-electron chi connectivity index (χ4n) is 2.23. The van der Waals surface area contributed by atoms with Crippen LogP contribution < -0.4 is 10.1 Å². The van der Waals surface area contributed by atoms with Crippen molar-refractivity contribution in [2.75, 3.05) is 11.9 Å². The quantitative estimate of drug-likeness (QED) is 0.878. The summed E-state index contributed by atoms with van der Waals surface area (Å²) in [6.07, 6.45) is 0. The topological polar surface area (TPSA) is 47.0 Å². The highest BCUT2D eigenvalue weighted by Gasteiger charge is 2.24. The average Bonchev–Trinajstić information content (AvgIpc) is 2.72. The molecule has 3 rings (SSSR count). The van der Waals surface area contributed by atoms with E-state index in [-0.39, 0.29) is 6.04 Å². The molecule has 0 amide bonds. The predicted molar refractivity (Wildman–Crippen MR) is 69.8 cm³/mol. The minimum absolute atomic E-state index is 0.127. The first-order valence-electron chi connectivity index (χ1n) is 6.03. The fourth-order valence-corrected chi connectivity index (χ4v) is 2.23. The molecule has 1 unspecified atom stereocenters. The van der Waals surface area contributed by atoms with Crippen LogP contribution in [0.25, 0.3) is 0 Å². The lowest BCUT2D eigenvalue weighted by Crippen LogP contribution is -2.14. The highest BCUT2D eigenvalue weighted by molar-refractivity contribution is 5.44. The Labute approximate surface area is 106 Å². The van der Waals surface area contributed by atoms with Crippen molar-refractivity contribution in [1.29, 1.82) is 0 Å². The Kier molecular flexibility index (Phi) is 2.63. The summed E-state index contributed by atoms with van der Waals surface area (Å²) in [4.78, 5) is 8.79. The van der Waals surface area contributed by atoms with Crippen molar-refractivity contribution in [1.82, 2.24) is 9.97 Å². The highest BCUT2D eigenvalue weighted by atomic mass is 16.5. The largest absolute Gasteiger partial charge is 0.491 e. The van der Waals surface area contributed by atoms with Gasteiger partial charge in [-0.3, -0.25) is 0 Å². The van der Waals surface area contributed by atoms with E-state index in [0.717, 1.165) is 17.1 Å². The Balaban J connectivity index is 1.86. The Bertz CT molecular complexity index is 563. The van der Waals surface area contributed by atoms with Gasteiger partial charge in [0.1, 0.15) is 12.4 Å². The number of aryl methyl sites for hydroxylation is 2. The maximum absolute atomic E-state index is 5.63. The molecule has 0 bridgehead atoms. The summed E-state index contributed by atoms with van der Waals surface area (Å²) < 4.78 is 5.63. The number of benzene rings is 1. The summed E-state index contributed by atoms with van der Waals surface area (Å²) in [6.45, 7) is 4.56. The van der Waals surface area contributed by atoms with Crippen molar-refractivity contribution in [3.8, 4) is 5.75 Å². The lowest BCUT2D eigenvalue weighted by atomic mass is 10.1. The van der Waals surface area contributed by atoms with E-state index in [2.05, 4.69) is 21.4 Å². The molecule has 0 saturated heterocycles. The van der Waals surface area contributed by atoms with Gasteiger partial charge in [0.25, 0.3) is 0 Å². The Morgan fingerprint density at radius 2 is 1.89 bits per heavy atom. The van der Waals surface area contributed by atoms with Crippen LogP contribution in [0.1, 0.15) is 23.0 Å². The van der Waals surface area contributed by atoms with Crippen LogP contribution >= 0.6 is 0 Å². The SMILES string of the molecule is Cc1cc(C)nc(NC2COc3ccccc32)n1. The number of fused-ring (bicyclic) bond motifs is 1. The molecule has 0 fully saturated rings. The van der Waals surface area contributed by atoms with Gasteiger partial charge in [0, 0.05) is 17.0 Å². The summed E-state index contributed by atoms with van der Waals surface area (Å²) in [6, 6.07) is 10.1. The molecule has 0 radical (unpaired) electrons. The third-order valence-corrected chi connectivity index (χ3v) is 2.99. The number of para-hydroxylation sites is 1. The maximum Gasteiger partial charge on any atom is 0.223 e. The molecule has 1 atom stereocenters. The summed E-state index contributed by atoms with van der Waals surface area (Å²) in [5.41, 5.74) is 3.11. The zero-order chi connectivity index (χ0) is 12.5. The van der Waals surface area contributed by atoms with E-state index in [1.54, 1.807) is 0 Å². The number of hydrogen-bond acceptors (Lipinski definition) is 4. The van der Waals surface area contributed by atoms with Gasteiger partial charge in [-0.2, -0.15) is 0 Å². The zero-order valence-electron chi connectivity index (χ0n) is 10.5. The molecule has 1 aliphatic heterocycles. The van der Waals surface area contributed by atoms with E-state index in [4.69, 9.17) is 4.74 Å². The summed E-state index contributed by atoms with van der Waals surface area (Å²) in [5.74, 6) is 1.61. The van der Waals surface area contributed by atoms with Crippen molar-refractivity contribution in [3.63, 3.8) is 0 Å². The highest BCUT2D eigenvalue weighted by Crippen LogP contribution is 2.33. The first kappa shape index (κ1) is 11.0. The second kappa shape index (κ2) is 4.29. The monoisotopic (exact) mass is 241 g/mol. The Morgan fingerprint density at radius 1 is 1.17 bits per heavy atom. The van der Waals surface area contributed by atoms with Gasteiger partial charge in [-0.25, -0.2) is 9.97 Å². The van der Waals surface area contributed by atoms with E-state index in [9.17, 15) is 0 Å². The molecule has 92 valence electrons. The van der Waals surface area contributed by atoms with Gasteiger partial charge in [-0.05, 0) is 26.0 Å². The van der Waals surface area contributed by atoms with Gasteiger partial charge >= 0.3 is 0 Å². The van der Waals surface area contributed by atoms with Gasteiger partial charge in [-0.1, -0.05) is 18.2 Å². The smallest absolute Gasteiger partial charge is 0.223 e. The van der Waals surface area contributed by atoms with Gasteiger partial charge in [0.2, 0.25) is 5.95 Å². The molecule has 1 N–H and O–H groups in total. The molecule has 4 heteroatoms. The van der Waals surface area contributed by atoms with Crippen LogP contribution in [0, 0.1) is 13.8 Å². The molecule has 0 aliphatic carbocycles. The van der Waals surface area contributed by atoms with E-state index in [1.807, 2.05) is 38.1 Å². The minimum atomic E-state index is 0.127. The van der Waals surface area contributed by atoms with Crippen molar-refractivity contribution in [3.05, 3.63) is 47.3 Å². The molecule has 1 aromatic carbocycles. The Morgan fingerprint density at radius 3 is 2.67 bits per heavy atom. The van der Waals surface area contributed by atoms with Gasteiger partial charge in [0.15, 0.2) is 0 Å². The Hall–Kier alpha value is -2.10. The predicted octanol–water partition coefficient (Wildman–Crippen LogP) is 2.64. The molecule has 0 saturated carbocycles.